The van der Waals surface area contributed by atoms with Crippen LogP contribution in [0.3, 0.4) is 0 Å². The summed E-state index contributed by atoms with van der Waals surface area (Å²) >= 11 is 3.61. The molecule has 0 saturated carbocycles. The maximum absolute atomic E-state index is 6.10. The monoisotopic (exact) mass is 315 g/mol. The number of rotatable bonds is 3. The van der Waals surface area contributed by atoms with Crippen molar-refractivity contribution in [2.24, 2.45) is 0 Å². The van der Waals surface area contributed by atoms with E-state index in [4.69, 9.17) is 4.74 Å². The molecule has 2 heterocycles. The first kappa shape index (κ1) is 14.0. The molecule has 1 fully saturated rings. The molecular formula is C13H22BrN3O. The number of nitrogens with zero attached hydrogens (tertiary/aromatic N) is 3. The second kappa shape index (κ2) is 4.60. The molecule has 1 aliphatic heterocycles. The van der Waals surface area contributed by atoms with Crippen LogP contribution < -0.4 is 0 Å². The first-order valence-corrected chi connectivity index (χ1v) is 7.43. The Labute approximate surface area is 117 Å². The second-order valence-corrected chi connectivity index (χ2v) is 7.29. The molecule has 1 aromatic heterocycles. The third-order valence-corrected chi connectivity index (χ3v) is 4.67. The van der Waals surface area contributed by atoms with Gasteiger partial charge in [-0.2, -0.15) is 0 Å². The molecule has 18 heavy (non-hydrogen) atoms. The van der Waals surface area contributed by atoms with E-state index in [2.05, 4.69) is 60.9 Å². The Bertz CT molecular complexity index is 428. The summed E-state index contributed by atoms with van der Waals surface area (Å²) in [4.78, 5) is 0.282. The van der Waals surface area contributed by atoms with E-state index in [1.807, 2.05) is 10.9 Å². The summed E-state index contributed by atoms with van der Waals surface area (Å²) < 4.78 is 8.07. The number of hydrogen-bond acceptors (Lipinski definition) is 3. The van der Waals surface area contributed by atoms with Crippen LogP contribution in [-0.4, -0.2) is 26.2 Å². The van der Waals surface area contributed by atoms with E-state index < -0.39 is 0 Å². The van der Waals surface area contributed by atoms with Crippen LogP contribution in [-0.2, 0) is 4.74 Å². The smallest absolute Gasteiger partial charge is 0.0963 e. The summed E-state index contributed by atoms with van der Waals surface area (Å²) in [6.07, 6.45) is 4.01. The fourth-order valence-electron chi connectivity index (χ4n) is 2.74. The number of alkyl halides is 1. The molecule has 2 unspecified atom stereocenters. The van der Waals surface area contributed by atoms with Crippen molar-refractivity contribution in [3.05, 3.63) is 11.9 Å². The molecule has 1 saturated heterocycles. The Hall–Kier alpha value is -0.420. The minimum Gasteiger partial charge on any atom is -0.367 e. The lowest BCUT2D eigenvalue weighted by molar-refractivity contribution is -0.0738. The van der Waals surface area contributed by atoms with Crippen molar-refractivity contribution in [1.29, 1.82) is 0 Å². The van der Waals surface area contributed by atoms with Gasteiger partial charge in [-0.1, -0.05) is 28.1 Å². The topological polar surface area (TPSA) is 39.9 Å². The molecule has 0 aromatic carbocycles. The molecule has 2 rings (SSSR count). The highest BCUT2D eigenvalue weighted by molar-refractivity contribution is 9.09. The lowest BCUT2D eigenvalue weighted by Gasteiger charge is -2.26. The first-order chi connectivity index (χ1) is 8.25. The Kier molecular flexibility index (Phi) is 3.58. The van der Waals surface area contributed by atoms with Crippen molar-refractivity contribution in [2.45, 2.75) is 69.5 Å². The Morgan fingerprint density at radius 2 is 2.17 bits per heavy atom. The molecule has 102 valence electrons. The molecule has 0 spiro atoms. The number of halogens is 1. The van der Waals surface area contributed by atoms with Crippen LogP contribution in [0.4, 0.5) is 0 Å². The average molecular weight is 316 g/mol. The second-order valence-electron chi connectivity index (χ2n) is 6.18. The van der Waals surface area contributed by atoms with Crippen LogP contribution in [0, 0.1) is 0 Å². The van der Waals surface area contributed by atoms with Crippen molar-refractivity contribution in [2.75, 3.05) is 0 Å². The maximum atomic E-state index is 6.10. The van der Waals surface area contributed by atoms with Gasteiger partial charge in [0.1, 0.15) is 0 Å². The van der Waals surface area contributed by atoms with Crippen LogP contribution >= 0.6 is 15.9 Å². The van der Waals surface area contributed by atoms with E-state index >= 15 is 0 Å². The minimum atomic E-state index is -0.206. The maximum Gasteiger partial charge on any atom is 0.0963 e. The average Bonchev–Trinajstić information content (AvgIpc) is 2.79. The third-order valence-electron chi connectivity index (χ3n) is 3.55. The van der Waals surface area contributed by atoms with E-state index in [0.29, 0.717) is 0 Å². The first-order valence-electron chi connectivity index (χ1n) is 6.51. The highest BCUT2D eigenvalue weighted by Gasteiger charge is 2.47. The zero-order chi connectivity index (χ0) is 13.6. The minimum absolute atomic E-state index is 0.0984. The van der Waals surface area contributed by atoms with Gasteiger partial charge in [0.2, 0.25) is 0 Å². The predicted octanol–water partition coefficient (Wildman–Crippen LogP) is 3.64. The van der Waals surface area contributed by atoms with Crippen LogP contribution in [0.5, 0.6) is 0 Å². The summed E-state index contributed by atoms with van der Waals surface area (Å²) in [5.41, 5.74) is 0.694. The van der Waals surface area contributed by atoms with Crippen LogP contribution in [0.2, 0.25) is 0 Å². The van der Waals surface area contributed by atoms with Crippen molar-refractivity contribution >= 4 is 15.9 Å². The molecule has 5 heteroatoms. The zero-order valence-electron chi connectivity index (χ0n) is 11.8. The van der Waals surface area contributed by atoms with Gasteiger partial charge in [-0.3, -0.25) is 0 Å². The molecule has 1 aromatic rings. The molecular weight excluding hydrogens is 294 g/mol. The van der Waals surface area contributed by atoms with Crippen molar-refractivity contribution in [3.8, 4) is 0 Å². The van der Waals surface area contributed by atoms with Crippen LogP contribution in [0.1, 0.15) is 64.0 Å². The molecule has 0 amide bonds. The van der Waals surface area contributed by atoms with Gasteiger partial charge in [0, 0.05) is 6.42 Å². The molecule has 0 bridgehead atoms. The molecule has 0 N–H and O–H groups in total. The van der Waals surface area contributed by atoms with Gasteiger partial charge in [0.05, 0.1) is 34.0 Å². The SMILES string of the molecule is CCC(Br)c1cn(C2CC(C)(C)OC2(C)C)nn1. The van der Waals surface area contributed by atoms with Crippen LogP contribution in [0.25, 0.3) is 0 Å². The van der Waals surface area contributed by atoms with Gasteiger partial charge < -0.3 is 4.74 Å². The third kappa shape index (κ3) is 2.62. The van der Waals surface area contributed by atoms with Gasteiger partial charge in [-0.25, -0.2) is 4.68 Å². The lowest BCUT2D eigenvalue weighted by atomic mass is 9.95. The van der Waals surface area contributed by atoms with Gasteiger partial charge in [-0.05, 0) is 34.1 Å². The molecule has 2 atom stereocenters. The van der Waals surface area contributed by atoms with E-state index in [1.165, 1.54) is 0 Å². The summed E-state index contributed by atoms with van der Waals surface area (Å²) in [7, 11) is 0. The molecule has 1 aliphatic rings. The number of aromatic nitrogens is 3. The van der Waals surface area contributed by atoms with Crippen molar-refractivity contribution < 1.29 is 4.74 Å². The Morgan fingerprint density at radius 1 is 1.50 bits per heavy atom. The predicted molar refractivity (Wildman–Crippen MR) is 74.9 cm³/mol. The Balaban J connectivity index is 2.24. The van der Waals surface area contributed by atoms with Crippen molar-refractivity contribution in [1.82, 2.24) is 15.0 Å². The van der Waals surface area contributed by atoms with E-state index in [9.17, 15) is 0 Å². The zero-order valence-corrected chi connectivity index (χ0v) is 13.4. The van der Waals surface area contributed by atoms with Gasteiger partial charge >= 0.3 is 0 Å². The lowest BCUT2D eigenvalue weighted by Crippen LogP contribution is -2.31. The summed E-state index contributed by atoms with van der Waals surface area (Å²) in [5.74, 6) is 0. The fourth-order valence-corrected chi connectivity index (χ4v) is 2.95. The van der Waals surface area contributed by atoms with E-state index in [-0.39, 0.29) is 22.1 Å². The quantitative estimate of drug-likeness (QED) is 0.799. The van der Waals surface area contributed by atoms with E-state index in [0.717, 1.165) is 18.5 Å². The number of hydrogen-bond donors (Lipinski definition) is 0. The normalized spacial score (nSPS) is 27.3. The molecule has 4 nitrogen and oxygen atoms in total. The van der Waals surface area contributed by atoms with Crippen LogP contribution in [0.15, 0.2) is 6.20 Å². The van der Waals surface area contributed by atoms with Crippen molar-refractivity contribution in [3.63, 3.8) is 0 Å². The summed E-state index contributed by atoms with van der Waals surface area (Å²) in [5, 5.41) is 8.54. The standard InChI is InChI=1S/C13H22BrN3O/c1-6-9(14)10-8-17(16-15-10)11-7-12(2,3)18-13(11,4)5/h8-9,11H,6-7H2,1-5H3. The summed E-state index contributed by atoms with van der Waals surface area (Å²) in [6, 6.07) is 0.241. The van der Waals surface area contributed by atoms with E-state index in [1.54, 1.807) is 0 Å². The highest BCUT2D eigenvalue weighted by Crippen LogP contribution is 2.44. The highest BCUT2D eigenvalue weighted by atomic mass is 79.9. The largest absolute Gasteiger partial charge is 0.367 e. The molecule has 0 radical (unpaired) electrons. The Morgan fingerprint density at radius 3 is 2.67 bits per heavy atom. The van der Waals surface area contributed by atoms with Gasteiger partial charge in [0.15, 0.2) is 0 Å². The fraction of sp³-hybridized carbons (Fsp3) is 0.846. The van der Waals surface area contributed by atoms with Gasteiger partial charge in [0.25, 0.3) is 0 Å². The molecule has 0 aliphatic carbocycles. The van der Waals surface area contributed by atoms with Gasteiger partial charge in [-0.15, -0.1) is 5.10 Å². The number of ether oxygens (including phenoxy) is 1. The summed E-state index contributed by atoms with van der Waals surface area (Å²) in [6.45, 7) is 10.6.